The number of carbonyl (C=O) groups excluding carboxylic acids is 2. The van der Waals surface area contributed by atoms with Gasteiger partial charge in [0.2, 0.25) is 0 Å². The first-order chi connectivity index (χ1) is 10.6. The number of carbonyl (C=O) groups is 2. The first kappa shape index (κ1) is 16.5. The molecule has 0 spiro atoms. The van der Waals surface area contributed by atoms with Crippen molar-refractivity contribution in [3.63, 3.8) is 0 Å². The van der Waals surface area contributed by atoms with Gasteiger partial charge in [0.1, 0.15) is 5.69 Å². The second-order valence-electron chi connectivity index (χ2n) is 4.86. The summed E-state index contributed by atoms with van der Waals surface area (Å²) in [6.45, 7) is 2.95. The van der Waals surface area contributed by atoms with Crippen LogP contribution in [-0.4, -0.2) is 29.3 Å². The van der Waals surface area contributed by atoms with Crippen LogP contribution in [0, 0.1) is 0 Å². The number of hydrogen-bond donors (Lipinski definition) is 0. The minimum atomic E-state index is -0.975. The number of nitrogens with zero attached hydrogens (tertiary/aromatic N) is 1. The van der Waals surface area contributed by atoms with Crippen molar-refractivity contribution in [2.75, 3.05) is 13.7 Å². The normalized spacial score (nSPS) is 10.7. The van der Waals surface area contributed by atoms with Crippen LogP contribution in [0.3, 0.4) is 0 Å². The largest absolute Gasteiger partial charge is 0.383 e. The van der Waals surface area contributed by atoms with Crippen LogP contribution in [0.5, 0.6) is 0 Å². The smallest absolute Gasteiger partial charge is 0.294 e. The van der Waals surface area contributed by atoms with Crippen molar-refractivity contribution >= 4 is 22.6 Å². The number of benzene rings is 1. The first-order valence-electron chi connectivity index (χ1n) is 7.11. The average molecular weight is 320 g/mol. The van der Waals surface area contributed by atoms with E-state index in [0.29, 0.717) is 18.8 Å². The molecule has 0 aliphatic carbocycles. The fourth-order valence-electron chi connectivity index (χ4n) is 2.51. The molecule has 0 radical (unpaired) electrons. The average Bonchev–Trinajstić information content (AvgIpc) is 2.91. The van der Waals surface area contributed by atoms with E-state index in [1.807, 2.05) is 47.9 Å². The Morgan fingerprint density at radius 3 is 2.45 bits per heavy atom. The number of methoxy groups -OCH3 is 1. The van der Waals surface area contributed by atoms with Crippen molar-refractivity contribution in [2.45, 2.75) is 19.9 Å². The van der Waals surface area contributed by atoms with E-state index in [1.54, 1.807) is 7.11 Å². The van der Waals surface area contributed by atoms with Gasteiger partial charge in [-0.15, -0.1) is 0 Å². The summed E-state index contributed by atoms with van der Waals surface area (Å²) >= 11 is 5.45. The van der Waals surface area contributed by atoms with Gasteiger partial charge < -0.3 is 9.30 Å². The number of hydrogen-bond acceptors (Lipinski definition) is 3. The molecule has 0 saturated heterocycles. The molecule has 2 aromatic rings. The van der Waals surface area contributed by atoms with Crippen molar-refractivity contribution in [2.24, 2.45) is 0 Å². The summed E-state index contributed by atoms with van der Waals surface area (Å²) in [6, 6.07) is 11.4. The number of ether oxygens (including phenoxy) is 1. The summed E-state index contributed by atoms with van der Waals surface area (Å²) in [5.41, 5.74) is 2.92. The van der Waals surface area contributed by atoms with Crippen molar-refractivity contribution < 1.29 is 14.3 Å². The molecule has 0 unspecified atom stereocenters. The zero-order valence-electron chi connectivity index (χ0n) is 12.6. The molecule has 1 aromatic heterocycles. The molecule has 0 saturated carbocycles. The van der Waals surface area contributed by atoms with Crippen LogP contribution >= 0.6 is 11.6 Å². The van der Waals surface area contributed by atoms with Crippen molar-refractivity contribution in [3.05, 3.63) is 47.8 Å². The van der Waals surface area contributed by atoms with Gasteiger partial charge in [0.15, 0.2) is 0 Å². The Morgan fingerprint density at radius 2 is 1.91 bits per heavy atom. The molecule has 4 nitrogen and oxygen atoms in total. The van der Waals surface area contributed by atoms with Crippen molar-refractivity contribution in [1.82, 2.24) is 4.57 Å². The summed E-state index contributed by atoms with van der Waals surface area (Å²) in [7, 11) is 1.60. The molecule has 5 heteroatoms. The van der Waals surface area contributed by atoms with E-state index >= 15 is 0 Å². The van der Waals surface area contributed by atoms with Gasteiger partial charge >= 0.3 is 0 Å². The van der Waals surface area contributed by atoms with Crippen molar-refractivity contribution in [1.29, 1.82) is 0 Å². The molecule has 0 fully saturated rings. The summed E-state index contributed by atoms with van der Waals surface area (Å²) < 4.78 is 6.93. The van der Waals surface area contributed by atoms with Crippen LogP contribution in [0.15, 0.2) is 36.4 Å². The fourth-order valence-corrected chi connectivity index (χ4v) is 2.60. The number of aryl methyl sites for hydroxylation is 1. The molecular formula is C17H18ClNO3. The summed E-state index contributed by atoms with van der Waals surface area (Å²) in [6.07, 6.45) is 0.743. The quantitative estimate of drug-likeness (QED) is 0.447. The molecule has 1 aromatic carbocycles. The third kappa shape index (κ3) is 3.29. The molecule has 0 aliphatic rings. The van der Waals surface area contributed by atoms with E-state index in [4.69, 9.17) is 16.3 Å². The van der Waals surface area contributed by atoms with Gasteiger partial charge in [0, 0.05) is 24.9 Å². The van der Waals surface area contributed by atoms with Gasteiger partial charge in [-0.1, -0.05) is 37.3 Å². The lowest BCUT2D eigenvalue weighted by atomic mass is 10.0. The van der Waals surface area contributed by atoms with Crippen LogP contribution in [0.4, 0.5) is 0 Å². The van der Waals surface area contributed by atoms with E-state index in [-0.39, 0.29) is 0 Å². The van der Waals surface area contributed by atoms with Crippen LogP contribution < -0.4 is 0 Å². The molecule has 2 rings (SSSR count). The number of halogens is 1. The van der Waals surface area contributed by atoms with Crippen LogP contribution in [0.1, 0.15) is 23.1 Å². The van der Waals surface area contributed by atoms with Crippen LogP contribution in [0.2, 0.25) is 0 Å². The lowest BCUT2D eigenvalue weighted by molar-refractivity contribution is -0.108. The maximum absolute atomic E-state index is 12.3. The molecular weight excluding hydrogens is 302 g/mol. The second kappa shape index (κ2) is 7.38. The van der Waals surface area contributed by atoms with Gasteiger partial charge in [0.05, 0.1) is 6.61 Å². The first-order valence-corrected chi connectivity index (χ1v) is 7.48. The molecule has 0 N–H and O–H groups in total. The Bertz CT molecular complexity index is 677. The van der Waals surface area contributed by atoms with Gasteiger partial charge in [-0.25, -0.2) is 0 Å². The third-order valence-corrected chi connectivity index (χ3v) is 3.71. The Hall–Kier alpha value is -1.91. The maximum atomic E-state index is 12.3. The highest BCUT2D eigenvalue weighted by molar-refractivity contribution is 6.83. The second-order valence-corrected chi connectivity index (χ2v) is 5.21. The van der Waals surface area contributed by atoms with Gasteiger partial charge in [-0.3, -0.25) is 9.59 Å². The predicted octanol–water partition coefficient (Wildman–Crippen LogP) is 3.31. The molecule has 0 amide bonds. The molecule has 0 bridgehead atoms. The zero-order valence-corrected chi connectivity index (χ0v) is 13.4. The highest BCUT2D eigenvalue weighted by Gasteiger charge is 2.25. The van der Waals surface area contributed by atoms with E-state index in [9.17, 15) is 9.59 Å². The molecule has 0 atom stereocenters. The minimum absolute atomic E-state index is 0.333. The van der Waals surface area contributed by atoms with E-state index in [0.717, 1.165) is 23.2 Å². The molecule has 1 heterocycles. The monoisotopic (exact) mass is 319 g/mol. The van der Waals surface area contributed by atoms with Gasteiger partial charge in [-0.2, -0.15) is 0 Å². The SMILES string of the molecule is CCc1cc(-c2ccccc2)c(C(=O)C(=O)Cl)n1CCOC. The van der Waals surface area contributed by atoms with E-state index < -0.39 is 11.0 Å². The third-order valence-electron chi connectivity index (χ3n) is 3.54. The van der Waals surface area contributed by atoms with Crippen LogP contribution in [-0.2, 0) is 22.5 Å². The number of rotatable bonds is 7. The van der Waals surface area contributed by atoms with Crippen molar-refractivity contribution in [3.8, 4) is 11.1 Å². The Kier molecular flexibility index (Phi) is 5.52. The van der Waals surface area contributed by atoms with Gasteiger partial charge in [-0.05, 0) is 29.7 Å². The topological polar surface area (TPSA) is 48.3 Å². The number of aromatic nitrogens is 1. The summed E-state index contributed by atoms with van der Waals surface area (Å²) in [5, 5.41) is -0.975. The molecule has 22 heavy (non-hydrogen) atoms. The molecule has 116 valence electrons. The lowest BCUT2D eigenvalue weighted by Crippen LogP contribution is -2.18. The highest BCUT2D eigenvalue weighted by Crippen LogP contribution is 2.29. The van der Waals surface area contributed by atoms with E-state index in [2.05, 4.69) is 0 Å². The maximum Gasteiger partial charge on any atom is 0.294 e. The zero-order chi connectivity index (χ0) is 16.1. The highest BCUT2D eigenvalue weighted by atomic mass is 35.5. The number of Topliss-reactive ketones (excluding diaryl/α,β-unsaturated/α-hetero) is 1. The number of ketones is 1. The van der Waals surface area contributed by atoms with E-state index in [1.165, 1.54) is 0 Å². The van der Waals surface area contributed by atoms with Crippen LogP contribution in [0.25, 0.3) is 11.1 Å². The predicted molar refractivity (Wildman–Crippen MR) is 86.3 cm³/mol. The summed E-state index contributed by atoms with van der Waals surface area (Å²) in [5.74, 6) is -0.684. The van der Waals surface area contributed by atoms with Gasteiger partial charge in [0.25, 0.3) is 11.0 Å². The Labute approximate surface area is 134 Å². The fraction of sp³-hybridized carbons (Fsp3) is 0.294. The minimum Gasteiger partial charge on any atom is -0.383 e. The Balaban J connectivity index is 2.64. The lowest BCUT2D eigenvalue weighted by Gasteiger charge is -2.11. The summed E-state index contributed by atoms with van der Waals surface area (Å²) in [4.78, 5) is 23.7. The molecule has 0 aliphatic heterocycles. The Morgan fingerprint density at radius 1 is 1.23 bits per heavy atom. The standard InChI is InChI=1S/C17H18ClNO3/c1-3-13-11-14(12-7-5-4-6-8-12)15(16(20)17(18)21)19(13)9-10-22-2/h4-8,11H,3,9-10H2,1-2H3.